The molecule has 0 aliphatic carbocycles. The minimum absolute atomic E-state index is 0.0520. The Morgan fingerprint density at radius 3 is 2.24 bits per heavy atom. The second-order valence-corrected chi connectivity index (χ2v) is 17.6. The SMILES string of the molecule is Cc1noc(C)c1S(=O)(=O)N1Cc2cc3c(cc2C[C@H]1C(=O)N[C@@H](Cc1ccc(-c2ccc(C#N)cc2)cc1)C(=O)O)OCC(c1ccc(OCc2ccc(Cl)c(Cl)c2)cc1)O3. The third-order valence-electron chi connectivity index (χ3n) is 10.8. The summed E-state index contributed by atoms with van der Waals surface area (Å²) in [5.41, 5.74) is 5.94. The van der Waals surface area contributed by atoms with E-state index in [9.17, 15) is 23.1 Å². The van der Waals surface area contributed by atoms with Crippen molar-refractivity contribution >= 4 is 45.1 Å². The molecule has 1 unspecified atom stereocenters. The highest BCUT2D eigenvalue weighted by Gasteiger charge is 2.43. The first kappa shape index (κ1) is 42.3. The third-order valence-corrected chi connectivity index (χ3v) is 13.7. The molecule has 0 radical (unpaired) electrons. The number of carboxylic acid groups (broad SMARTS) is 1. The number of hydrogen-bond donors (Lipinski definition) is 2. The highest BCUT2D eigenvalue weighted by molar-refractivity contribution is 7.89. The molecule has 13 nitrogen and oxygen atoms in total. The number of nitrogens with one attached hydrogen (secondary N) is 1. The number of aromatic nitrogens is 1. The average molecular weight is 894 g/mol. The van der Waals surface area contributed by atoms with Gasteiger partial charge >= 0.3 is 5.97 Å². The molecule has 316 valence electrons. The summed E-state index contributed by atoms with van der Waals surface area (Å²) >= 11 is 12.2. The smallest absolute Gasteiger partial charge is 0.326 e. The summed E-state index contributed by atoms with van der Waals surface area (Å²) in [6.07, 6.45) is -0.642. The van der Waals surface area contributed by atoms with Crippen molar-refractivity contribution < 1.29 is 41.8 Å². The van der Waals surface area contributed by atoms with Gasteiger partial charge in [-0.1, -0.05) is 83.0 Å². The number of nitrogens with zero attached hydrogens (tertiary/aromatic N) is 3. The molecule has 16 heteroatoms. The van der Waals surface area contributed by atoms with Crippen LogP contribution in [0.5, 0.6) is 17.2 Å². The molecule has 2 aliphatic heterocycles. The summed E-state index contributed by atoms with van der Waals surface area (Å²) in [5, 5.41) is 26.8. The lowest BCUT2D eigenvalue weighted by Crippen LogP contribution is -2.55. The summed E-state index contributed by atoms with van der Waals surface area (Å²) in [5.74, 6) is -0.563. The monoisotopic (exact) mass is 892 g/mol. The lowest BCUT2D eigenvalue weighted by Gasteiger charge is -2.36. The predicted molar refractivity (Wildman–Crippen MR) is 229 cm³/mol. The van der Waals surface area contributed by atoms with Gasteiger partial charge in [-0.25, -0.2) is 13.2 Å². The molecular formula is C46H38Cl2N4O9S. The molecule has 2 aliphatic rings. The highest BCUT2D eigenvalue weighted by Crippen LogP contribution is 2.42. The summed E-state index contributed by atoms with van der Waals surface area (Å²) in [4.78, 5) is 26.7. The fraction of sp³-hybridized carbons (Fsp3) is 0.217. The molecule has 6 aromatic rings. The zero-order chi connectivity index (χ0) is 43.7. The number of aryl methyl sites for hydroxylation is 2. The van der Waals surface area contributed by atoms with Crippen LogP contribution in [-0.2, 0) is 45.6 Å². The van der Waals surface area contributed by atoms with Crippen molar-refractivity contribution in [3.63, 3.8) is 0 Å². The van der Waals surface area contributed by atoms with Gasteiger partial charge < -0.3 is 29.2 Å². The Morgan fingerprint density at radius 1 is 0.919 bits per heavy atom. The summed E-state index contributed by atoms with van der Waals surface area (Å²) in [7, 11) is -4.42. The maximum absolute atomic E-state index is 14.5. The number of amides is 1. The quantitative estimate of drug-likeness (QED) is 0.121. The van der Waals surface area contributed by atoms with Crippen LogP contribution >= 0.6 is 23.2 Å². The minimum Gasteiger partial charge on any atom is -0.489 e. The third kappa shape index (κ3) is 8.84. The number of sulfonamides is 1. The largest absolute Gasteiger partial charge is 0.489 e. The molecule has 2 N–H and O–H groups in total. The first-order chi connectivity index (χ1) is 29.8. The minimum atomic E-state index is -4.42. The number of carboxylic acids is 1. The number of aliphatic carboxylic acids is 1. The highest BCUT2D eigenvalue weighted by atomic mass is 35.5. The van der Waals surface area contributed by atoms with E-state index in [1.807, 2.05) is 54.6 Å². The van der Waals surface area contributed by atoms with Crippen LogP contribution in [0, 0.1) is 25.2 Å². The van der Waals surface area contributed by atoms with E-state index in [4.69, 9.17) is 47.2 Å². The maximum atomic E-state index is 14.5. The van der Waals surface area contributed by atoms with Gasteiger partial charge in [-0.2, -0.15) is 9.57 Å². The number of carbonyl (C=O) groups excluding carboxylic acids is 1. The standard InChI is InChI=1S/C46H38Cl2N4O9S/c1-26-44(27(2)61-51-26)62(56,57)52-23-35-21-42-41(59-25-43(60-42)33-12-14-36(15-13-33)58-24-30-7-16-37(47)38(48)17-30)20-34(35)19-40(52)45(53)50-39(46(54)55)18-28-3-8-31(9-4-28)32-10-5-29(22-49)6-11-32/h3-17,20-21,39-40,43H,18-19,23-25H2,1-2H3,(H,50,53)(H,54,55)/t39-,40-,43?/m0/s1. The predicted octanol–water partition coefficient (Wildman–Crippen LogP) is 8.16. The van der Waals surface area contributed by atoms with E-state index in [-0.39, 0.29) is 42.3 Å². The van der Waals surface area contributed by atoms with E-state index in [0.29, 0.717) is 56.2 Å². The molecule has 5 aromatic carbocycles. The molecule has 1 aromatic heterocycles. The van der Waals surface area contributed by atoms with Gasteiger partial charge in [-0.15, -0.1) is 0 Å². The number of hydrogen-bond acceptors (Lipinski definition) is 10. The van der Waals surface area contributed by atoms with Gasteiger partial charge in [0.05, 0.1) is 21.7 Å². The number of rotatable bonds is 12. The second kappa shape index (κ2) is 17.5. The molecule has 3 atom stereocenters. The van der Waals surface area contributed by atoms with Crippen LogP contribution in [0.1, 0.15) is 50.9 Å². The van der Waals surface area contributed by atoms with E-state index < -0.39 is 40.1 Å². The Bertz CT molecular complexity index is 2810. The van der Waals surface area contributed by atoms with Crippen molar-refractivity contribution in [1.82, 2.24) is 14.8 Å². The molecule has 62 heavy (non-hydrogen) atoms. The van der Waals surface area contributed by atoms with Crippen molar-refractivity contribution in [2.45, 2.75) is 62.9 Å². The van der Waals surface area contributed by atoms with Crippen molar-refractivity contribution in [3.05, 3.63) is 158 Å². The topological polar surface area (TPSA) is 181 Å². The van der Waals surface area contributed by atoms with E-state index in [1.165, 1.54) is 13.8 Å². The lowest BCUT2D eigenvalue weighted by atomic mass is 9.93. The van der Waals surface area contributed by atoms with Crippen LogP contribution in [-0.4, -0.2) is 53.6 Å². The van der Waals surface area contributed by atoms with Crippen LogP contribution in [0.15, 0.2) is 113 Å². The van der Waals surface area contributed by atoms with Gasteiger partial charge in [0.15, 0.2) is 23.4 Å². The first-order valence-electron chi connectivity index (χ1n) is 19.5. The second-order valence-electron chi connectivity index (χ2n) is 15.0. The maximum Gasteiger partial charge on any atom is 0.326 e. The first-order valence-corrected chi connectivity index (χ1v) is 21.7. The van der Waals surface area contributed by atoms with Crippen molar-refractivity contribution in [2.75, 3.05) is 6.61 Å². The van der Waals surface area contributed by atoms with Crippen molar-refractivity contribution in [3.8, 4) is 34.4 Å². The van der Waals surface area contributed by atoms with Gasteiger partial charge in [0.1, 0.15) is 41.6 Å². The number of nitriles is 1. The van der Waals surface area contributed by atoms with E-state index in [2.05, 4.69) is 16.5 Å². The molecule has 0 fully saturated rings. The van der Waals surface area contributed by atoms with Gasteiger partial charge in [-0.05, 0) is 108 Å². The van der Waals surface area contributed by atoms with Crippen LogP contribution in [0.25, 0.3) is 11.1 Å². The number of ether oxygens (including phenoxy) is 3. The van der Waals surface area contributed by atoms with Gasteiger partial charge in [0.25, 0.3) is 0 Å². The van der Waals surface area contributed by atoms with Crippen LogP contribution in [0.2, 0.25) is 10.0 Å². The van der Waals surface area contributed by atoms with Gasteiger partial charge in [0, 0.05) is 13.0 Å². The summed E-state index contributed by atoms with van der Waals surface area (Å²) in [6, 6.07) is 29.8. The zero-order valence-corrected chi connectivity index (χ0v) is 35.6. The molecule has 0 saturated heterocycles. The Morgan fingerprint density at radius 2 is 1.60 bits per heavy atom. The van der Waals surface area contributed by atoms with E-state index >= 15 is 0 Å². The fourth-order valence-electron chi connectivity index (χ4n) is 7.58. The molecule has 0 saturated carbocycles. The number of carbonyl (C=O) groups is 2. The zero-order valence-electron chi connectivity index (χ0n) is 33.3. The Balaban J connectivity index is 1.01. The molecule has 0 bridgehead atoms. The van der Waals surface area contributed by atoms with Crippen LogP contribution in [0.4, 0.5) is 0 Å². The average Bonchev–Trinajstić information content (AvgIpc) is 3.63. The van der Waals surface area contributed by atoms with Crippen LogP contribution in [0.3, 0.4) is 0 Å². The van der Waals surface area contributed by atoms with Gasteiger partial charge in [0.2, 0.25) is 15.9 Å². The van der Waals surface area contributed by atoms with Gasteiger partial charge in [-0.3, -0.25) is 4.79 Å². The Kier molecular flexibility index (Phi) is 12.0. The normalized spacial score (nSPS) is 16.4. The molecule has 8 rings (SSSR count). The van der Waals surface area contributed by atoms with Crippen molar-refractivity contribution in [1.29, 1.82) is 5.26 Å². The fourth-order valence-corrected chi connectivity index (χ4v) is 9.76. The molecule has 1 amide bonds. The molecular weight excluding hydrogens is 855 g/mol. The van der Waals surface area contributed by atoms with E-state index in [0.717, 1.165) is 26.6 Å². The van der Waals surface area contributed by atoms with Crippen LogP contribution < -0.4 is 19.5 Å². The Labute approximate surface area is 367 Å². The molecule has 0 spiro atoms. The molecule has 3 heterocycles. The summed E-state index contributed by atoms with van der Waals surface area (Å²) < 4.78 is 53.7. The number of fused-ring (bicyclic) bond motifs is 2. The number of benzene rings is 5. The number of halogens is 2. The van der Waals surface area contributed by atoms with E-state index in [1.54, 1.807) is 48.5 Å². The summed E-state index contributed by atoms with van der Waals surface area (Å²) in [6.45, 7) is 3.21. The van der Waals surface area contributed by atoms with Crippen molar-refractivity contribution in [2.24, 2.45) is 0 Å². The Hall–Kier alpha value is -6.37. The lowest BCUT2D eigenvalue weighted by molar-refractivity contribution is -0.142.